The number of methoxy groups -OCH3 is 2. The number of benzene rings is 3. The predicted octanol–water partition coefficient (Wildman–Crippen LogP) is 4.72. The minimum absolute atomic E-state index is 0.00982. The molecule has 1 unspecified atom stereocenters. The second-order valence-corrected chi connectivity index (χ2v) is 7.98. The fraction of sp³-hybridized carbons (Fsp3) is 0.214. The highest BCUT2D eigenvalue weighted by Crippen LogP contribution is 2.42. The molecule has 0 saturated carbocycles. The first-order valence-corrected chi connectivity index (χ1v) is 11.3. The van der Waals surface area contributed by atoms with Crippen molar-refractivity contribution in [1.82, 2.24) is 4.90 Å². The van der Waals surface area contributed by atoms with Crippen LogP contribution in [0.15, 0.2) is 78.4 Å². The van der Waals surface area contributed by atoms with Gasteiger partial charge in [0.05, 0.1) is 38.0 Å². The first-order valence-electron chi connectivity index (χ1n) is 11.3. The van der Waals surface area contributed by atoms with Gasteiger partial charge in [0.1, 0.15) is 23.0 Å². The van der Waals surface area contributed by atoms with E-state index in [1.54, 1.807) is 55.6 Å². The van der Waals surface area contributed by atoms with E-state index in [0.29, 0.717) is 29.2 Å². The third-order valence-electron chi connectivity index (χ3n) is 5.92. The molecule has 1 fully saturated rings. The van der Waals surface area contributed by atoms with Crippen molar-refractivity contribution in [3.63, 3.8) is 0 Å². The minimum atomic E-state index is -0.794. The third kappa shape index (κ3) is 4.71. The summed E-state index contributed by atoms with van der Waals surface area (Å²) in [7, 11) is 3.05. The Labute approximate surface area is 204 Å². The molecular weight excluding hydrogens is 446 g/mol. The Morgan fingerprint density at radius 1 is 0.886 bits per heavy atom. The highest BCUT2D eigenvalue weighted by molar-refractivity contribution is 6.46. The van der Waals surface area contributed by atoms with E-state index in [4.69, 9.17) is 14.2 Å². The molecule has 180 valence electrons. The number of likely N-dealkylation sites (tertiary alicyclic amines) is 1. The average molecular weight is 474 g/mol. The Kier molecular flexibility index (Phi) is 7.06. The molecule has 4 rings (SSSR count). The summed E-state index contributed by atoms with van der Waals surface area (Å²) in [5.41, 5.74) is 1.85. The number of Topliss-reactive ketones (excluding diaryl/α,β-unsaturated/α-hetero) is 1. The van der Waals surface area contributed by atoms with Gasteiger partial charge in [0, 0.05) is 6.54 Å². The van der Waals surface area contributed by atoms with Gasteiger partial charge >= 0.3 is 0 Å². The molecule has 0 radical (unpaired) electrons. The minimum Gasteiger partial charge on any atom is -0.507 e. The smallest absolute Gasteiger partial charge is 0.295 e. The molecule has 7 heteroatoms. The summed E-state index contributed by atoms with van der Waals surface area (Å²) in [5, 5.41) is 11.3. The van der Waals surface area contributed by atoms with Gasteiger partial charge < -0.3 is 24.2 Å². The summed E-state index contributed by atoms with van der Waals surface area (Å²) in [6.45, 7) is 2.63. The van der Waals surface area contributed by atoms with Crippen molar-refractivity contribution >= 4 is 17.4 Å². The summed E-state index contributed by atoms with van der Waals surface area (Å²) < 4.78 is 16.1. The molecule has 3 aromatic rings. The summed E-state index contributed by atoms with van der Waals surface area (Å²) in [5.74, 6) is 0.0476. The second kappa shape index (κ2) is 10.3. The summed E-state index contributed by atoms with van der Waals surface area (Å²) in [4.78, 5) is 28.0. The van der Waals surface area contributed by atoms with Crippen molar-refractivity contribution in [2.24, 2.45) is 0 Å². The lowest BCUT2D eigenvalue weighted by molar-refractivity contribution is -0.140. The lowest BCUT2D eigenvalue weighted by Gasteiger charge is -2.26. The molecule has 35 heavy (non-hydrogen) atoms. The number of rotatable bonds is 8. The van der Waals surface area contributed by atoms with Crippen LogP contribution in [0.3, 0.4) is 0 Å². The Morgan fingerprint density at radius 3 is 2.17 bits per heavy atom. The third-order valence-corrected chi connectivity index (χ3v) is 5.92. The van der Waals surface area contributed by atoms with Crippen molar-refractivity contribution in [3.05, 3.63) is 95.1 Å². The Balaban J connectivity index is 1.82. The van der Waals surface area contributed by atoms with Crippen LogP contribution >= 0.6 is 0 Å². The van der Waals surface area contributed by atoms with Gasteiger partial charge in [-0.05, 0) is 54.4 Å². The maximum absolute atomic E-state index is 13.3. The number of hydrogen-bond donors (Lipinski definition) is 1. The molecule has 0 aliphatic carbocycles. The van der Waals surface area contributed by atoms with Crippen LogP contribution in [0.4, 0.5) is 0 Å². The van der Waals surface area contributed by atoms with Gasteiger partial charge in [-0.2, -0.15) is 0 Å². The summed E-state index contributed by atoms with van der Waals surface area (Å²) in [6, 6.07) is 20.5. The molecule has 3 aromatic carbocycles. The number of para-hydroxylation sites is 1. The molecule has 1 heterocycles. The van der Waals surface area contributed by atoms with Crippen LogP contribution in [-0.2, 0) is 16.1 Å². The molecule has 1 atom stereocenters. The molecule has 0 spiro atoms. The van der Waals surface area contributed by atoms with E-state index in [-0.39, 0.29) is 17.9 Å². The molecular formula is C28H27NO6. The number of carbonyl (C=O) groups is 2. The van der Waals surface area contributed by atoms with E-state index < -0.39 is 17.7 Å². The largest absolute Gasteiger partial charge is 0.507 e. The molecule has 1 amide bonds. The fourth-order valence-electron chi connectivity index (χ4n) is 4.22. The van der Waals surface area contributed by atoms with E-state index in [9.17, 15) is 14.7 Å². The zero-order valence-corrected chi connectivity index (χ0v) is 19.9. The van der Waals surface area contributed by atoms with Gasteiger partial charge in [-0.1, -0.05) is 36.4 Å². The van der Waals surface area contributed by atoms with E-state index in [1.165, 1.54) is 12.0 Å². The van der Waals surface area contributed by atoms with Gasteiger partial charge in [0.25, 0.3) is 11.7 Å². The lowest BCUT2D eigenvalue weighted by atomic mass is 9.94. The van der Waals surface area contributed by atoms with Gasteiger partial charge in [0.15, 0.2) is 0 Å². The fourth-order valence-corrected chi connectivity index (χ4v) is 4.22. The van der Waals surface area contributed by atoms with Gasteiger partial charge in [0.2, 0.25) is 0 Å². The number of hydrogen-bond acceptors (Lipinski definition) is 6. The molecule has 1 aliphatic heterocycles. The van der Waals surface area contributed by atoms with Crippen molar-refractivity contribution < 1.29 is 28.9 Å². The van der Waals surface area contributed by atoms with Crippen LogP contribution in [0.5, 0.6) is 17.2 Å². The number of ether oxygens (including phenoxy) is 3. The monoisotopic (exact) mass is 473 g/mol. The maximum Gasteiger partial charge on any atom is 0.295 e. The number of nitrogens with zero attached hydrogens (tertiary/aromatic N) is 1. The quantitative estimate of drug-likeness (QED) is 0.289. The number of ketones is 1. The number of amides is 1. The molecule has 0 aromatic heterocycles. The zero-order valence-electron chi connectivity index (χ0n) is 19.9. The van der Waals surface area contributed by atoms with Gasteiger partial charge in [-0.3, -0.25) is 9.59 Å². The van der Waals surface area contributed by atoms with E-state index in [1.807, 2.05) is 31.2 Å². The normalized spacial score (nSPS) is 16.9. The Morgan fingerprint density at radius 2 is 1.54 bits per heavy atom. The van der Waals surface area contributed by atoms with Crippen LogP contribution in [0.1, 0.15) is 29.7 Å². The maximum atomic E-state index is 13.3. The summed E-state index contributed by atoms with van der Waals surface area (Å²) >= 11 is 0. The van der Waals surface area contributed by atoms with Crippen molar-refractivity contribution in [2.75, 3.05) is 20.8 Å². The van der Waals surface area contributed by atoms with Crippen molar-refractivity contribution in [2.45, 2.75) is 19.5 Å². The highest BCUT2D eigenvalue weighted by Gasteiger charge is 2.46. The van der Waals surface area contributed by atoms with Crippen LogP contribution in [0.25, 0.3) is 5.76 Å². The van der Waals surface area contributed by atoms with E-state index in [2.05, 4.69) is 0 Å². The van der Waals surface area contributed by atoms with Crippen LogP contribution in [0, 0.1) is 0 Å². The Hall–Kier alpha value is -4.26. The number of carbonyl (C=O) groups excluding carboxylic acids is 2. The standard InChI is InChI=1S/C28H27NO6/c1-4-35-21-13-9-18(10-14-21)17-29-25(19-11-15-20(33-2)16-12-19)24(27(31)28(29)32)26(30)22-7-5-6-8-23(22)34-3/h5-16,25,30H,4,17H2,1-3H3/b26-24-. The molecule has 1 saturated heterocycles. The van der Waals surface area contributed by atoms with Crippen molar-refractivity contribution in [3.8, 4) is 17.2 Å². The molecule has 0 bridgehead atoms. The zero-order chi connectivity index (χ0) is 24.9. The average Bonchev–Trinajstić information content (AvgIpc) is 3.14. The first-order chi connectivity index (χ1) is 17.0. The summed E-state index contributed by atoms with van der Waals surface area (Å²) in [6.07, 6.45) is 0. The van der Waals surface area contributed by atoms with Crippen LogP contribution in [0.2, 0.25) is 0 Å². The van der Waals surface area contributed by atoms with Crippen LogP contribution < -0.4 is 14.2 Å². The number of aliphatic hydroxyl groups is 1. The topological polar surface area (TPSA) is 85.3 Å². The SMILES string of the molecule is CCOc1ccc(CN2C(=O)C(=O)/C(=C(\O)c3ccccc3OC)C2c2ccc(OC)cc2)cc1. The van der Waals surface area contributed by atoms with Gasteiger partial charge in [-0.25, -0.2) is 0 Å². The lowest BCUT2D eigenvalue weighted by Crippen LogP contribution is -2.29. The number of aliphatic hydroxyl groups excluding tert-OH is 1. The van der Waals surface area contributed by atoms with E-state index >= 15 is 0 Å². The Bertz CT molecular complexity index is 1250. The first kappa shape index (κ1) is 23.9. The van der Waals surface area contributed by atoms with E-state index in [0.717, 1.165) is 11.3 Å². The molecule has 1 N–H and O–H groups in total. The highest BCUT2D eigenvalue weighted by atomic mass is 16.5. The predicted molar refractivity (Wildman–Crippen MR) is 131 cm³/mol. The van der Waals surface area contributed by atoms with Crippen LogP contribution in [-0.4, -0.2) is 42.5 Å². The molecule has 7 nitrogen and oxygen atoms in total. The second-order valence-electron chi connectivity index (χ2n) is 7.98. The molecule has 1 aliphatic rings. The van der Waals surface area contributed by atoms with Crippen molar-refractivity contribution in [1.29, 1.82) is 0 Å². The van der Waals surface area contributed by atoms with Gasteiger partial charge in [-0.15, -0.1) is 0 Å².